The van der Waals surface area contributed by atoms with Crippen molar-refractivity contribution in [2.24, 2.45) is 0 Å². The normalized spacial score (nSPS) is 25.6. The number of hydrogen-bond donors (Lipinski definition) is 1. The summed E-state index contributed by atoms with van der Waals surface area (Å²) in [7, 11) is 4.22. The molecule has 1 aromatic carbocycles. The first-order valence-electron chi connectivity index (χ1n) is 6.69. The summed E-state index contributed by atoms with van der Waals surface area (Å²) in [5, 5.41) is 10.3. The lowest BCUT2D eigenvalue weighted by Gasteiger charge is -2.24. The molecule has 0 amide bonds. The van der Waals surface area contributed by atoms with Crippen molar-refractivity contribution < 1.29 is 5.11 Å². The number of aliphatic hydroxyl groups excluding tert-OH is 1. The Morgan fingerprint density at radius 1 is 1.28 bits per heavy atom. The Kier molecular flexibility index (Phi) is 4.71. The van der Waals surface area contributed by atoms with Gasteiger partial charge in [0.2, 0.25) is 0 Å². The molecule has 0 aliphatic heterocycles. The van der Waals surface area contributed by atoms with Crippen LogP contribution in [0.5, 0.6) is 0 Å². The molecule has 1 saturated carbocycles. The van der Waals surface area contributed by atoms with E-state index in [4.69, 9.17) is 0 Å². The molecule has 1 fully saturated rings. The van der Waals surface area contributed by atoms with Gasteiger partial charge in [-0.15, -0.1) is 11.8 Å². The van der Waals surface area contributed by atoms with E-state index in [-0.39, 0.29) is 6.10 Å². The fourth-order valence-corrected chi connectivity index (χ4v) is 3.85. The molecule has 1 aromatic rings. The summed E-state index contributed by atoms with van der Waals surface area (Å²) in [5.74, 6) is 0. The summed E-state index contributed by atoms with van der Waals surface area (Å²) in [4.78, 5) is 3.55. The molecule has 1 N–H and O–H groups in total. The van der Waals surface area contributed by atoms with Gasteiger partial charge in [0.25, 0.3) is 0 Å². The van der Waals surface area contributed by atoms with E-state index in [0.717, 1.165) is 19.3 Å². The van der Waals surface area contributed by atoms with E-state index in [1.165, 1.54) is 10.5 Å². The van der Waals surface area contributed by atoms with Crippen molar-refractivity contribution in [3.05, 3.63) is 29.8 Å². The van der Waals surface area contributed by atoms with Gasteiger partial charge in [-0.05, 0) is 51.9 Å². The molecule has 0 aromatic heterocycles. The van der Waals surface area contributed by atoms with Crippen molar-refractivity contribution in [2.75, 3.05) is 14.1 Å². The third kappa shape index (κ3) is 3.08. The highest BCUT2D eigenvalue weighted by molar-refractivity contribution is 8.00. The lowest BCUT2D eigenvalue weighted by atomic mass is 10.1. The van der Waals surface area contributed by atoms with E-state index in [2.05, 4.69) is 50.2 Å². The van der Waals surface area contributed by atoms with Crippen molar-refractivity contribution in [3.63, 3.8) is 0 Å². The van der Waals surface area contributed by atoms with Crippen molar-refractivity contribution in [2.45, 2.75) is 48.5 Å². The van der Waals surface area contributed by atoms with Gasteiger partial charge in [-0.3, -0.25) is 0 Å². The second-order valence-corrected chi connectivity index (χ2v) is 6.61. The molecule has 0 unspecified atom stereocenters. The third-order valence-electron chi connectivity index (χ3n) is 3.84. The molecule has 0 saturated heterocycles. The minimum absolute atomic E-state index is 0.127. The lowest BCUT2D eigenvalue weighted by molar-refractivity contribution is 0.188. The van der Waals surface area contributed by atoms with Gasteiger partial charge in [-0.25, -0.2) is 0 Å². The van der Waals surface area contributed by atoms with Crippen molar-refractivity contribution >= 4 is 11.8 Å². The summed E-state index contributed by atoms with van der Waals surface area (Å²) >= 11 is 1.85. The zero-order valence-electron chi connectivity index (χ0n) is 11.5. The van der Waals surface area contributed by atoms with Crippen LogP contribution in [-0.4, -0.2) is 35.5 Å². The Bertz CT molecular complexity index is 394. The van der Waals surface area contributed by atoms with Crippen LogP contribution in [0.4, 0.5) is 0 Å². The van der Waals surface area contributed by atoms with Gasteiger partial charge in [-0.2, -0.15) is 0 Å². The number of thioether (sulfide) groups is 1. The summed E-state index contributed by atoms with van der Waals surface area (Å²) < 4.78 is 0. The number of benzene rings is 1. The van der Waals surface area contributed by atoms with E-state index in [9.17, 15) is 5.11 Å². The van der Waals surface area contributed by atoms with E-state index in [1.807, 2.05) is 11.8 Å². The van der Waals surface area contributed by atoms with Gasteiger partial charge in [0.1, 0.15) is 0 Å². The van der Waals surface area contributed by atoms with Crippen LogP contribution in [0, 0.1) is 0 Å². The monoisotopic (exact) mass is 265 g/mol. The highest BCUT2D eigenvalue weighted by Crippen LogP contribution is 2.38. The number of rotatable bonds is 4. The minimum Gasteiger partial charge on any atom is -0.392 e. The van der Waals surface area contributed by atoms with Gasteiger partial charge in [-0.1, -0.05) is 18.2 Å². The third-order valence-corrected chi connectivity index (χ3v) is 5.32. The average Bonchev–Trinajstić information content (AvgIpc) is 2.75. The largest absolute Gasteiger partial charge is 0.392 e. The maximum Gasteiger partial charge on any atom is 0.0662 e. The molecule has 2 nitrogen and oxygen atoms in total. The topological polar surface area (TPSA) is 23.5 Å². The Hall–Kier alpha value is -0.510. The zero-order valence-corrected chi connectivity index (χ0v) is 12.3. The summed E-state index contributed by atoms with van der Waals surface area (Å²) in [6.07, 6.45) is 3.13. The van der Waals surface area contributed by atoms with Crippen LogP contribution in [0.1, 0.15) is 37.8 Å². The van der Waals surface area contributed by atoms with Crippen LogP contribution < -0.4 is 0 Å². The standard InChI is InChI=1S/C15H23NOS/c1-11(16(2)3)12-7-4-5-9-14(12)18-15-10-6-8-13(15)17/h4-5,7,9,11,13,15,17H,6,8,10H2,1-3H3/t11-,13-,15-/m1/s1. The Balaban J connectivity index is 2.17. The van der Waals surface area contributed by atoms with E-state index < -0.39 is 0 Å². The smallest absolute Gasteiger partial charge is 0.0662 e. The number of nitrogens with zero attached hydrogens (tertiary/aromatic N) is 1. The molecule has 0 radical (unpaired) electrons. The molecule has 3 heteroatoms. The minimum atomic E-state index is -0.127. The van der Waals surface area contributed by atoms with Crippen LogP contribution in [0.2, 0.25) is 0 Å². The van der Waals surface area contributed by atoms with Gasteiger partial charge in [0.15, 0.2) is 0 Å². The zero-order chi connectivity index (χ0) is 13.1. The fraction of sp³-hybridized carbons (Fsp3) is 0.600. The number of hydrogen-bond acceptors (Lipinski definition) is 3. The predicted octanol–water partition coefficient (Wildman–Crippen LogP) is 3.31. The predicted molar refractivity (Wildman–Crippen MR) is 78.0 cm³/mol. The molecule has 18 heavy (non-hydrogen) atoms. The van der Waals surface area contributed by atoms with Gasteiger partial charge >= 0.3 is 0 Å². The fourth-order valence-electron chi connectivity index (χ4n) is 2.42. The molecular weight excluding hydrogens is 242 g/mol. The van der Waals surface area contributed by atoms with Crippen LogP contribution in [0.25, 0.3) is 0 Å². The summed E-state index contributed by atoms with van der Waals surface area (Å²) in [6.45, 7) is 2.23. The first-order chi connectivity index (χ1) is 8.59. The molecule has 0 spiro atoms. The Morgan fingerprint density at radius 2 is 2.00 bits per heavy atom. The SMILES string of the molecule is C[C@H](c1ccccc1S[C@@H]1CCC[C@H]1O)N(C)C. The van der Waals surface area contributed by atoms with Crippen molar-refractivity contribution in [1.29, 1.82) is 0 Å². The van der Waals surface area contributed by atoms with Crippen LogP contribution >= 0.6 is 11.8 Å². The average molecular weight is 265 g/mol. The lowest BCUT2D eigenvalue weighted by Crippen LogP contribution is -2.19. The van der Waals surface area contributed by atoms with E-state index in [0.29, 0.717) is 11.3 Å². The van der Waals surface area contributed by atoms with Crippen LogP contribution in [0.15, 0.2) is 29.2 Å². The number of aliphatic hydroxyl groups is 1. The maximum absolute atomic E-state index is 9.96. The van der Waals surface area contributed by atoms with Crippen molar-refractivity contribution in [1.82, 2.24) is 4.90 Å². The maximum atomic E-state index is 9.96. The Labute approximate surface area is 114 Å². The van der Waals surface area contributed by atoms with Crippen LogP contribution in [0.3, 0.4) is 0 Å². The highest BCUT2D eigenvalue weighted by atomic mass is 32.2. The van der Waals surface area contributed by atoms with Gasteiger partial charge < -0.3 is 10.0 Å². The summed E-state index contributed by atoms with van der Waals surface area (Å²) in [5.41, 5.74) is 1.37. The second-order valence-electron chi connectivity index (χ2n) is 5.33. The van der Waals surface area contributed by atoms with Crippen LogP contribution in [-0.2, 0) is 0 Å². The van der Waals surface area contributed by atoms with E-state index in [1.54, 1.807) is 0 Å². The van der Waals surface area contributed by atoms with E-state index >= 15 is 0 Å². The molecule has 1 aliphatic rings. The first kappa shape index (κ1) is 13.9. The quantitative estimate of drug-likeness (QED) is 0.903. The highest BCUT2D eigenvalue weighted by Gasteiger charge is 2.27. The molecule has 0 heterocycles. The molecule has 100 valence electrons. The van der Waals surface area contributed by atoms with Gasteiger partial charge in [0.05, 0.1) is 6.10 Å². The molecule has 1 aliphatic carbocycles. The second kappa shape index (κ2) is 6.09. The molecule has 2 rings (SSSR count). The Morgan fingerprint density at radius 3 is 2.61 bits per heavy atom. The summed E-state index contributed by atoms with van der Waals surface area (Å²) in [6, 6.07) is 8.99. The van der Waals surface area contributed by atoms with Gasteiger partial charge in [0, 0.05) is 16.2 Å². The molecule has 0 bridgehead atoms. The first-order valence-corrected chi connectivity index (χ1v) is 7.57. The molecule has 3 atom stereocenters. The van der Waals surface area contributed by atoms with Crippen molar-refractivity contribution in [3.8, 4) is 0 Å². The molecular formula is C15H23NOS.